The summed E-state index contributed by atoms with van der Waals surface area (Å²) in [4.78, 5) is 12.0. The number of aryl methyl sites for hydroxylation is 1. The lowest BCUT2D eigenvalue weighted by molar-refractivity contribution is -0.117. The standard InChI is InChI=1S/C14H21N3O/c1-2-17-9-13(8-15-17)16-14(18)7-12-6-10-3-4-11(12)5-10/h8-12H,2-7H2,1H3,(H,16,18)/t10-,11-,12-/m0/s1. The molecule has 98 valence electrons. The van der Waals surface area contributed by atoms with Gasteiger partial charge in [-0.25, -0.2) is 0 Å². The molecular weight excluding hydrogens is 226 g/mol. The zero-order valence-electron chi connectivity index (χ0n) is 10.9. The van der Waals surface area contributed by atoms with Gasteiger partial charge in [0.1, 0.15) is 0 Å². The molecule has 0 aromatic carbocycles. The average molecular weight is 247 g/mol. The lowest BCUT2D eigenvalue weighted by atomic mass is 9.86. The molecule has 0 saturated heterocycles. The molecule has 1 aromatic heterocycles. The zero-order chi connectivity index (χ0) is 12.5. The molecule has 1 amide bonds. The van der Waals surface area contributed by atoms with Crippen LogP contribution in [0, 0.1) is 17.8 Å². The van der Waals surface area contributed by atoms with Crippen molar-refractivity contribution in [3.8, 4) is 0 Å². The summed E-state index contributed by atoms with van der Waals surface area (Å²) in [6.07, 6.45) is 9.68. The van der Waals surface area contributed by atoms with Crippen molar-refractivity contribution in [3.63, 3.8) is 0 Å². The molecule has 2 aliphatic carbocycles. The second kappa shape index (κ2) is 4.75. The largest absolute Gasteiger partial charge is 0.323 e. The van der Waals surface area contributed by atoms with Crippen LogP contribution in [-0.4, -0.2) is 15.7 Å². The number of anilines is 1. The fourth-order valence-electron chi connectivity index (χ4n) is 3.68. The highest BCUT2D eigenvalue weighted by atomic mass is 16.1. The van der Waals surface area contributed by atoms with Crippen LogP contribution in [0.5, 0.6) is 0 Å². The highest BCUT2D eigenvalue weighted by Gasteiger charge is 2.40. The molecule has 2 fully saturated rings. The molecule has 4 nitrogen and oxygen atoms in total. The van der Waals surface area contributed by atoms with E-state index in [0.29, 0.717) is 12.3 Å². The Kier molecular flexibility index (Phi) is 3.10. The van der Waals surface area contributed by atoms with Crippen molar-refractivity contribution in [2.75, 3.05) is 5.32 Å². The van der Waals surface area contributed by atoms with Crippen molar-refractivity contribution in [3.05, 3.63) is 12.4 Å². The smallest absolute Gasteiger partial charge is 0.224 e. The molecule has 2 aliphatic rings. The van der Waals surface area contributed by atoms with Crippen LogP contribution in [0.2, 0.25) is 0 Å². The lowest BCUT2D eigenvalue weighted by Gasteiger charge is -2.20. The van der Waals surface area contributed by atoms with Crippen LogP contribution >= 0.6 is 0 Å². The van der Waals surface area contributed by atoms with Gasteiger partial charge in [0.15, 0.2) is 0 Å². The number of aromatic nitrogens is 2. The Morgan fingerprint density at radius 3 is 3.00 bits per heavy atom. The number of nitrogens with zero attached hydrogens (tertiary/aromatic N) is 2. The van der Waals surface area contributed by atoms with Gasteiger partial charge in [0.2, 0.25) is 5.91 Å². The van der Waals surface area contributed by atoms with Crippen LogP contribution in [0.4, 0.5) is 5.69 Å². The maximum atomic E-state index is 12.0. The molecule has 1 N–H and O–H groups in total. The van der Waals surface area contributed by atoms with E-state index in [1.807, 2.05) is 17.8 Å². The van der Waals surface area contributed by atoms with Crippen LogP contribution in [0.3, 0.4) is 0 Å². The molecule has 3 rings (SSSR count). The van der Waals surface area contributed by atoms with Gasteiger partial charge in [0.05, 0.1) is 11.9 Å². The third-order valence-corrected chi connectivity index (χ3v) is 4.57. The molecule has 1 aromatic rings. The summed E-state index contributed by atoms with van der Waals surface area (Å²) in [6.45, 7) is 2.87. The van der Waals surface area contributed by atoms with Gasteiger partial charge in [-0.1, -0.05) is 6.42 Å². The molecule has 2 bridgehead atoms. The van der Waals surface area contributed by atoms with E-state index in [1.54, 1.807) is 6.20 Å². The molecule has 0 spiro atoms. The van der Waals surface area contributed by atoms with E-state index in [0.717, 1.165) is 24.1 Å². The predicted molar refractivity (Wildman–Crippen MR) is 70.1 cm³/mol. The summed E-state index contributed by atoms with van der Waals surface area (Å²) in [5, 5.41) is 7.12. The fraction of sp³-hybridized carbons (Fsp3) is 0.714. The third-order valence-electron chi connectivity index (χ3n) is 4.57. The van der Waals surface area contributed by atoms with Crippen molar-refractivity contribution in [2.45, 2.75) is 45.6 Å². The maximum Gasteiger partial charge on any atom is 0.224 e. The Bertz CT molecular complexity index is 440. The molecular formula is C14H21N3O. The predicted octanol–water partition coefficient (Wildman–Crippen LogP) is 2.67. The highest BCUT2D eigenvalue weighted by Crippen LogP contribution is 2.49. The summed E-state index contributed by atoms with van der Waals surface area (Å²) < 4.78 is 1.83. The highest BCUT2D eigenvalue weighted by molar-refractivity contribution is 5.90. The Hall–Kier alpha value is -1.32. The van der Waals surface area contributed by atoms with Gasteiger partial charge < -0.3 is 5.32 Å². The van der Waals surface area contributed by atoms with Crippen LogP contribution in [-0.2, 0) is 11.3 Å². The first-order valence-corrected chi connectivity index (χ1v) is 7.07. The minimum atomic E-state index is 0.156. The molecule has 0 aliphatic heterocycles. The number of rotatable bonds is 4. The second-order valence-electron chi connectivity index (χ2n) is 5.77. The van der Waals surface area contributed by atoms with E-state index in [-0.39, 0.29) is 5.91 Å². The van der Waals surface area contributed by atoms with Crippen LogP contribution in [0.25, 0.3) is 0 Å². The summed E-state index contributed by atoms with van der Waals surface area (Å²) in [6, 6.07) is 0. The number of fused-ring (bicyclic) bond motifs is 2. The Morgan fingerprint density at radius 1 is 1.50 bits per heavy atom. The molecule has 1 heterocycles. The van der Waals surface area contributed by atoms with E-state index in [9.17, 15) is 4.79 Å². The van der Waals surface area contributed by atoms with Crippen LogP contribution in [0.1, 0.15) is 39.0 Å². The van der Waals surface area contributed by atoms with Gasteiger partial charge in [-0.2, -0.15) is 5.10 Å². The van der Waals surface area contributed by atoms with Crippen molar-refractivity contribution >= 4 is 11.6 Å². The van der Waals surface area contributed by atoms with E-state index < -0.39 is 0 Å². The van der Waals surface area contributed by atoms with Gasteiger partial charge in [0, 0.05) is 19.2 Å². The Balaban J connectivity index is 1.52. The van der Waals surface area contributed by atoms with Gasteiger partial charge in [0.25, 0.3) is 0 Å². The summed E-state index contributed by atoms with van der Waals surface area (Å²) in [5.41, 5.74) is 0.824. The van der Waals surface area contributed by atoms with Crippen molar-refractivity contribution < 1.29 is 4.79 Å². The van der Waals surface area contributed by atoms with E-state index in [4.69, 9.17) is 0 Å². The summed E-state index contributed by atoms with van der Waals surface area (Å²) in [5.74, 6) is 2.52. The first-order valence-electron chi connectivity index (χ1n) is 7.07. The van der Waals surface area contributed by atoms with Crippen LogP contribution in [0.15, 0.2) is 12.4 Å². The Labute approximate surface area is 108 Å². The SMILES string of the molecule is CCn1cc(NC(=O)C[C@@H]2C[C@H]3CC[C@H]2C3)cn1. The molecule has 0 unspecified atom stereocenters. The van der Waals surface area contributed by atoms with Gasteiger partial charge in [-0.05, 0) is 43.9 Å². The molecule has 3 atom stereocenters. The average Bonchev–Trinajstić information content (AvgIpc) is 3.04. The minimum absolute atomic E-state index is 0.156. The van der Waals surface area contributed by atoms with Crippen molar-refractivity contribution in [1.29, 1.82) is 0 Å². The van der Waals surface area contributed by atoms with E-state index >= 15 is 0 Å². The second-order valence-corrected chi connectivity index (χ2v) is 5.77. The monoisotopic (exact) mass is 247 g/mol. The van der Waals surface area contributed by atoms with E-state index in [2.05, 4.69) is 10.4 Å². The summed E-state index contributed by atoms with van der Waals surface area (Å²) >= 11 is 0. The lowest BCUT2D eigenvalue weighted by Crippen LogP contribution is -2.20. The first-order chi connectivity index (χ1) is 8.74. The third kappa shape index (κ3) is 2.28. The minimum Gasteiger partial charge on any atom is -0.323 e. The number of hydrogen-bond donors (Lipinski definition) is 1. The van der Waals surface area contributed by atoms with Gasteiger partial charge in [-0.3, -0.25) is 9.48 Å². The molecule has 18 heavy (non-hydrogen) atoms. The number of nitrogens with one attached hydrogen (secondary N) is 1. The van der Waals surface area contributed by atoms with Crippen molar-refractivity contribution in [1.82, 2.24) is 9.78 Å². The Morgan fingerprint density at radius 2 is 2.39 bits per heavy atom. The van der Waals surface area contributed by atoms with Crippen LogP contribution < -0.4 is 5.32 Å². The van der Waals surface area contributed by atoms with Gasteiger partial charge in [-0.15, -0.1) is 0 Å². The molecule has 4 heteroatoms. The maximum absolute atomic E-state index is 12.0. The first kappa shape index (κ1) is 11.8. The van der Waals surface area contributed by atoms with Gasteiger partial charge >= 0.3 is 0 Å². The number of amides is 1. The topological polar surface area (TPSA) is 46.9 Å². The fourth-order valence-corrected chi connectivity index (χ4v) is 3.68. The number of hydrogen-bond acceptors (Lipinski definition) is 2. The normalized spacial score (nSPS) is 29.7. The molecule has 2 saturated carbocycles. The summed E-state index contributed by atoms with van der Waals surface area (Å²) in [7, 11) is 0. The molecule has 0 radical (unpaired) electrons. The van der Waals surface area contributed by atoms with E-state index in [1.165, 1.54) is 25.7 Å². The number of carbonyl (C=O) groups is 1. The number of carbonyl (C=O) groups excluding carboxylic acids is 1. The quantitative estimate of drug-likeness (QED) is 0.889. The van der Waals surface area contributed by atoms with Crippen molar-refractivity contribution in [2.24, 2.45) is 17.8 Å². The zero-order valence-corrected chi connectivity index (χ0v) is 10.9.